The summed E-state index contributed by atoms with van der Waals surface area (Å²) in [6.45, 7) is 0. The van der Waals surface area contributed by atoms with Gasteiger partial charge in [0.15, 0.2) is 0 Å². The SMILES string of the molecule is c1ccc(N(c2ccc3c(c2)sc2cc4ccccc4cc23)c2ccc3[se]c4c5ccccc5ccc4c3c2)cc1. The molecule has 0 unspecified atom stereocenters. The van der Waals surface area contributed by atoms with Crippen LogP contribution < -0.4 is 4.90 Å². The predicted molar refractivity (Wildman–Crippen MR) is 181 cm³/mol. The Bertz CT molecular complexity index is 2430. The molecule has 0 aliphatic heterocycles. The molecule has 0 fully saturated rings. The number of para-hydroxylation sites is 1. The molecule has 9 rings (SSSR count). The number of fused-ring (bicyclic) bond motifs is 9. The van der Waals surface area contributed by atoms with Gasteiger partial charge in [-0.15, -0.1) is 0 Å². The first-order chi connectivity index (χ1) is 20.3. The van der Waals surface area contributed by atoms with Gasteiger partial charge in [-0.3, -0.25) is 0 Å². The normalized spacial score (nSPS) is 11.9. The molecule has 0 N–H and O–H groups in total. The van der Waals surface area contributed by atoms with E-state index in [4.69, 9.17) is 0 Å². The third kappa shape index (κ3) is 3.67. The number of thiophene rings is 1. The van der Waals surface area contributed by atoms with Gasteiger partial charge in [0, 0.05) is 0 Å². The van der Waals surface area contributed by atoms with Gasteiger partial charge in [-0.05, 0) is 0 Å². The van der Waals surface area contributed by atoms with Crippen molar-refractivity contribution in [3.8, 4) is 0 Å². The Morgan fingerprint density at radius 3 is 1.98 bits per heavy atom. The van der Waals surface area contributed by atoms with Crippen LogP contribution in [0.1, 0.15) is 0 Å². The fraction of sp³-hybridized carbons (Fsp3) is 0. The third-order valence-electron chi connectivity index (χ3n) is 8.20. The van der Waals surface area contributed by atoms with E-state index in [0.29, 0.717) is 14.5 Å². The fourth-order valence-electron chi connectivity index (χ4n) is 6.25. The van der Waals surface area contributed by atoms with Crippen LogP contribution in [0.5, 0.6) is 0 Å². The van der Waals surface area contributed by atoms with Crippen LogP contribution in [0.15, 0.2) is 140 Å². The second-order valence-electron chi connectivity index (χ2n) is 10.6. The quantitative estimate of drug-likeness (QED) is 0.181. The van der Waals surface area contributed by atoms with Crippen LogP contribution in [-0.4, -0.2) is 14.5 Å². The van der Waals surface area contributed by atoms with Gasteiger partial charge >= 0.3 is 224 Å². The number of nitrogens with zero attached hydrogens (tertiary/aromatic N) is 1. The van der Waals surface area contributed by atoms with E-state index in [2.05, 4.69) is 144 Å². The van der Waals surface area contributed by atoms with Crippen molar-refractivity contribution in [1.82, 2.24) is 0 Å². The number of anilines is 3. The van der Waals surface area contributed by atoms with Crippen molar-refractivity contribution < 1.29 is 0 Å². The summed E-state index contributed by atoms with van der Waals surface area (Å²) in [4.78, 5) is 2.41. The standard InChI is InChI=1S/C38H23NSSe/c1-2-11-27(12-3-1)39(28-16-19-37-34(22-28)32-17-14-24-8-6-7-13-30(24)38(32)41-37)29-15-18-31-33-20-25-9-4-5-10-26(25)21-35(33)40-36(31)23-29/h1-23H. The minimum atomic E-state index is 0.307. The average Bonchev–Trinajstić information content (AvgIpc) is 3.58. The predicted octanol–water partition coefficient (Wildman–Crippen LogP) is 11.2. The second kappa shape index (κ2) is 9.06. The van der Waals surface area contributed by atoms with Crippen LogP contribution in [0.2, 0.25) is 0 Å². The molecule has 192 valence electrons. The second-order valence-corrected chi connectivity index (χ2v) is 13.9. The maximum atomic E-state index is 2.41. The average molecular weight is 605 g/mol. The molecule has 2 aromatic heterocycles. The molecule has 0 saturated carbocycles. The number of benzene rings is 7. The molecule has 1 nitrogen and oxygen atoms in total. The van der Waals surface area contributed by atoms with Gasteiger partial charge in [0.25, 0.3) is 0 Å². The number of rotatable bonds is 3. The van der Waals surface area contributed by atoms with E-state index < -0.39 is 0 Å². The van der Waals surface area contributed by atoms with Crippen LogP contribution in [0.3, 0.4) is 0 Å². The summed E-state index contributed by atoms with van der Waals surface area (Å²) in [7, 11) is 0. The summed E-state index contributed by atoms with van der Waals surface area (Å²) in [6, 6.07) is 51.6. The van der Waals surface area contributed by atoms with Gasteiger partial charge in [-0.1, -0.05) is 24.3 Å². The van der Waals surface area contributed by atoms with Crippen LogP contribution in [0, 0.1) is 0 Å². The molecule has 0 saturated heterocycles. The van der Waals surface area contributed by atoms with Gasteiger partial charge in [0.1, 0.15) is 0 Å². The van der Waals surface area contributed by atoms with Crippen molar-refractivity contribution in [2.75, 3.05) is 4.90 Å². The molecule has 0 aliphatic carbocycles. The molecule has 7 aromatic carbocycles. The molecule has 0 atom stereocenters. The molecule has 0 amide bonds. The summed E-state index contributed by atoms with van der Waals surface area (Å²) in [6.07, 6.45) is 0. The monoisotopic (exact) mass is 605 g/mol. The zero-order valence-electron chi connectivity index (χ0n) is 22.0. The summed E-state index contributed by atoms with van der Waals surface area (Å²) >= 11 is 2.19. The fourth-order valence-corrected chi connectivity index (χ4v) is 9.97. The van der Waals surface area contributed by atoms with Gasteiger partial charge in [0.05, 0.1) is 0 Å². The van der Waals surface area contributed by atoms with Crippen molar-refractivity contribution in [2.24, 2.45) is 0 Å². The van der Waals surface area contributed by atoms with E-state index in [0.717, 1.165) is 0 Å². The summed E-state index contributed by atoms with van der Waals surface area (Å²) in [5.41, 5.74) is 3.54. The molecular formula is C38H23NSSe. The van der Waals surface area contributed by atoms with E-state index in [1.807, 2.05) is 11.3 Å². The Balaban J connectivity index is 1.25. The molecule has 41 heavy (non-hydrogen) atoms. The zero-order valence-corrected chi connectivity index (χ0v) is 24.6. The van der Waals surface area contributed by atoms with E-state index >= 15 is 0 Å². The first-order valence-corrected chi connectivity index (χ1v) is 16.4. The van der Waals surface area contributed by atoms with Crippen molar-refractivity contribution in [1.29, 1.82) is 0 Å². The minimum absolute atomic E-state index is 0.307. The Morgan fingerprint density at radius 2 is 1.10 bits per heavy atom. The van der Waals surface area contributed by atoms with Gasteiger partial charge in [-0.25, -0.2) is 0 Å². The Morgan fingerprint density at radius 1 is 0.415 bits per heavy atom. The van der Waals surface area contributed by atoms with E-state index in [9.17, 15) is 0 Å². The van der Waals surface area contributed by atoms with Crippen LogP contribution in [0.25, 0.3) is 61.0 Å². The molecular weight excluding hydrogens is 581 g/mol. The molecule has 0 radical (unpaired) electrons. The van der Waals surface area contributed by atoms with E-state index in [1.54, 1.807) is 0 Å². The summed E-state index contributed by atoms with van der Waals surface area (Å²) in [5, 5.41) is 10.7. The first-order valence-electron chi connectivity index (χ1n) is 13.8. The van der Waals surface area contributed by atoms with Crippen molar-refractivity contribution in [3.05, 3.63) is 140 Å². The van der Waals surface area contributed by atoms with Gasteiger partial charge in [0.2, 0.25) is 0 Å². The molecule has 2 heterocycles. The third-order valence-corrected chi connectivity index (χ3v) is 11.9. The Kier molecular flexibility index (Phi) is 5.15. The van der Waals surface area contributed by atoms with Crippen LogP contribution in [-0.2, 0) is 0 Å². The number of hydrogen-bond donors (Lipinski definition) is 0. The van der Waals surface area contributed by atoms with Gasteiger partial charge < -0.3 is 0 Å². The topological polar surface area (TPSA) is 3.24 Å². The molecule has 0 aliphatic rings. The van der Waals surface area contributed by atoms with Gasteiger partial charge in [-0.2, -0.15) is 0 Å². The summed E-state index contributed by atoms with van der Waals surface area (Å²) in [5.74, 6) is 0. The summed E-state index contributed by atoms with van der Waals surface area (Å²) < 4.78 is 5.63. The Hall–Kier alpha value is -4.40. The molecule has 9 aromatic rings. The number of hydrogen-bond acceptors (Lipinski definition) is 2. The van der Waals surface area contributed by atoms with Crippen molar-refractivity contribution in [3.63, 3.8) is 0 Å². The molecule has 0 spiro atoms. The maximum absolute atomic E-state index is 2.41. The Labute approximate surface area is 247 Å². The van der Waals surface area contributed by atoms with Crippen molar-refractivity contribution in [2.45, 2.75) is 0 Å². The van der Waals surface area contributed by atoms with E-state index in [1.165, 1.54) is 78.1 Å². The molecule has 3 heteroatoms. The molecule has 0 bridgehead atoms. The first kappa shape index (κ1) is 23.3. The van der Waals surface area contributed by atoms with Crippen molar-refractivity contribution >= 4 is 104 Å². The zero-order chi connectivity index (χ0) is 26.9. The van der Waals surface area contributed by atoms with Crippen LogP contribution in [0.4, 0.5) is 17.1 Å². The van der Waals surface area contributed by atoms with E-state index in [-0.39, 0.29) is 0 Å². The van der Waals surface area contributed by atoms with Crippen LogP contribution >= 0.6 is 11.3 Å².